The Morgan fingerprint density at radius 3 is 1.62 bits per heavy atom. The van der Waals surface area contributed by atoms with Crippen LogP contribution >= 0.6 is 0 Å². The number of nitriles is 2. The van der Waals surface area contributed by atoms with Crippen LogP contribution in [0.1, 0.15) is 0 Å². The van der Waals surface area contributed by atoms with Crippen molar-refractivity contribution in [3.8, 4) is 11.9 Å². The predicted molar refractivity (Wildman–Crippen MR) is 24.0 cm³/mol. The molecule has 0 aromatic heterocycles. The minimum Gasteiger partial charge on any atom is -0.480 e. The quantitative estimate of drug-likeness (QED) is 0.350. The van der Waals surface area contributed by atoms with Crippen molar-refractivity contribution in [3.05, 3.63) is 0 Å². The molecule has 8 heavy (non-hydrogen) atoms. The zero-order valence-electron chi connectivity index (χ0n) is 4.85. The summed E-state index contributed by atoms with van der Waals surface area (Å²) in [4.78, 5) is 0. The van der Waals surface area contributed by atoms with E-state index in [2.05, 4.69) is 0 Å². The zero-order chi connectivity index (χ0) is 5.91. The summed E-state index contributed by atoms with van der Waals surface area (Å²) in [6, 6.07) is 0. The van der Waals surface area contributed by atoms with Gasteiger partial charge >= 0.3 is 57.8 Å². The van der Waals surface area contributed by atoms with E-state index in [1.165, 1.54) is 11.9 Å². The molecule has 0 bridgehead atoms. The minimum atomic E-state index is -2.86. The maximum Gasteiger partial charge on any atom is 1.00 e. The zero-order valence-corrected chi connectivity index (χ0v) is 7.97. The Kier molecular flexibility index (Phi) is 6.40. The van der Waals surface area contributed by atoms with E-state index in [9.17, 15) is 4.32 Å². The summed E-state index contributed by atoms with van der Waals surface area (Å²) in [6.07, 6.45) is -2.86. The van der Waals surface area contributed by atoms with Gasteiger partial charge in [0.25, 0.3) is 0 Å². The molecule has 0 saturated carbocycles. The Balaban J connectivity index is 0. The second-order valence-electron chi connectivity index (χ2n) is 1.42. The molecule has 0 N–H and O–H groups in total. The molecular weight excluding hydrogens is 133 g/mol. The second kappa shape index (κ2) is 4.49. The molecule has 0 aliphatic carbocycles. The van der Waals surface area contributed by atoms with Crippen molar-refractivity contribution in [2.24, 2.45) is 0 Å². The molecule has 0 heterocycles. The molecule has 0 amide bonds. The molecule has 0 aromatic carbocycles. The van der Waals surface area contributed by atoms with Crippen LogP contribution in [0.15, 0.2) is 0 Å². The molecule has 5 heteroatoms. The monoisotopic (exact) mass is 136 g/mol. The normalized spacial score (nSPS) is 8.00. The number of halogens is 1. The van der Waals surface area contributed by atoms with Crippen molar-refractivity contribution in [1.29, 1.82) is 10.5 Å². The van der Waals surface area contributed by atoms with E-state index < -0.39 is 6.42 Å². The van der Waals surface area contributed by atoms with Gasteiger partial charge in [-0.3, -0.25) is 0 Å². The van der Waals surface area contributed by atoms with Crippen molar-refractivity contribution in [1.82, 2.24) is 0 Å². The third kappa shape index (κ3) is 4.76. The van der Waals surface area contributed by atoms with Gasteiger partial charge in [-0.05, 0) is 0 Å². The first-order valence-electron chi connectivity index (χ1n) is 1.82. The van der Waals surface area contributed by atoms with E-state index in [1.807, 2.05) is 0 Å². The Hall–Kier alpha value is 0.611. The first-order chi connectivity index (χ1) is 3.12. The summed E-state index contributed by atoms with van der Waals surface area (Å²) in [6.45, 7) is 0.972. The van der Waals surface area contributed by atoms with Crippen LogP contribution in [-0.4, -0.2) is 6.42 Å². The summed E-state index contributed by atoms with van der Waals surface area (Å²) in [5.41, 5.74) is 0. The van der Waals surface area contributed by atoms with Crippen molar-refractivity contribution < 1.29 is 55.7 Å². The van der Waals surface area contributed by atoms with Crippen LogP contribution in [0.4, 0.5) is 4.32 Å². The molecule has 0 fully saturated rings. The van der Waals surface area contributed by atoms with Crippen molar-refractivity contribution >= 4 is 6.42 Å². The van der Waals surface area contributed by atoms with Gasteiger partial charge < -0.3 is 4.32 Å². The number of hydrogen-bond donors (Lipinski definition) is 0. The fraction of sp³-hybridized carbons (Fsp3) is 0.333. The molecule has 0 unspecified atom stereocenters. The van der Waals surface area contributed by atoms with E-state index in [-0.39, 0.29) is 51.4 Å². The van der Waals surface area contributed by atoms with Gasteiger partial charge in [-0.2, -0.15) is 0 Å². The number of rotatable bonds is 0. The number of hydrogen-bond acceptors (Lipinski definition) is 2. The SMILES string of the molecule is C[B-](F)(C#N)C#N.[K+]. The van der Waals surface area contributed by atoms with Gasteiger partial charge in [0.15, 0.2) is 0 Å². The fourth-order valence-corrected chi connectivity index (χ4v) is 0.0289. The molecule has 2 nitrogen and oxygen atoms in total. The summed E-state index contributed by atoms with van der Waals surface area (Å²) in [5, 5.41) is 15.5. The molecule has 0 aromatic rings. The Morgan fingerprint density at radius 1 is 1.38 bits per heavy atom. The van der Waals surface area contributed by atoms with Gasteiger partial charge in [0.1, 0.15) is 0 Å². The van der Waals surface area contributed by atoms with Gasteiger partial charge in [0.2, 0.25) is 0 Å². The summed E-state index contributed by atoms with van der Waals surface area (Å²) in [7, 11) is 0. The third-order valence-corrected chi connectivity index (χ3v) is 0.485. The molecule has 0 saturated heterocycles. The summed E-state index contributed by atoms with van der Waals surface area (Å²) >= 11 is 0. The van der Waals surface area contributed by atoms with Crippen molar-refractivity contribution in [2.45, 2.75) is 6.82 Å². The topological polar surface area (TPSA) is 47.6 Å². The average Bonchev–Trinajstić information content (AvgIpc) is 1.68. The Bertz CT molecular complexity index is 128. The van der Waals surface area contributed by atoms with Gasteiger partial charge in [0, 0.05) is 0 Å². The predicted octanol–water partition coefficient (Wildman–Crippen LogP) is -2.34. The van der Waals surface area contributed by atoms with E-state index in [0.29, 0.717) is 0 Å². The molecule has 0 atom stereocenters. The fourth-order valence-electron chi connectivity index (χ4n) is 0.0289. The van der Waals surface area contributed by atoms with Crippen LogP contribution in [-0.2, 0) is 0 Å². The average molecular weight is 136 g/mol. The van der Waals surface area contributed by atoms with E-state index in [0.717, 1.165) is 6.82 Å². The van der Waals surface area contributed by atoms with Crippen LogP contribution in [0.25, 0.3) is 0 Å². The summed E-state index contributed by atoms with van der Waals surface area (Å²) in [5.74, 6) is 2.45. The number of nitrogens with zero attached hydrogens (tertiary/aromatic N) is 2. The van der Waals surface area contributed by atoms with Crippen LogP contribution in [0.3, 0.4) is 0 Å². The maximum atomic E-state index is 11.9. The maximum absolute atomic E-state index is 11.9. The largest absolute Gasteiger partial charge is 1.00 e. The molecule has 0 rings (SSSR count). The van der Waals surface area contributed by atoms with E-state index in [4.69, 9.17) is 10.5 Å². The van der Waals surface area contributed by atoms with E-state index >= 15 is 0 Å². The molecular formula is C3H3BFKN2. The Labute approximate surface area is 90.0 Å². The smallest absolute Gasteiger partial charge is 0.480 e. The molecule has 36 valence electrons. The van der Waals surface area contributed by atoms with Crippen molar-refractivity contribution in [3.63, 3.8) is 0 Å². The molecule has 0 aliphatic rings. The van der Waals surface area contributed by atoms with E-state index in [1.54, 1.807) is 0 Å². The van der Waals surface area contributed by atoms with Crippen LogP contribution in [0, 0.1) is 22.5 Å². The van der Waals surface area contributed by atoms with Gasteiger partial charge in [-0.15, -0.1) is 6.82 Å². The Morgan fingerprint density at radius 2 is 1.62 bits per heavy atom. The molecule has 0 radical (unpaired) electrons. The van der Waals surface area contributed by atoms with Gasteiger partial charge in [-0.25, -0.2) is 10.5 Å². The first kappa shape index (κ1) is 11.4. The van der Waals surface area contributed by atoms with Crippen LogP contribution < -0.4 is 51.4 Å². The molecule has 0 spiro atoms. The van der Waals surface area contributed by atoms with Crippen molar-refractivity contribution in [2.75, 3.05) is 0 Å². The molecule has 0 aliphatic heterocycles. The standard InChI is InChI=1S/C3H3BFN2.K/c1-4(5,2-6)3-7;/h1H3;/q-1;+1. The minimum absolute atomic E-state index is 0. The second-order valence-corrected chi connectivity index (χ2v) is 1.42. The third-order valence-electron chi connectivity index (χ3n) is 0.485. The van der Waals surface area contributed by atoms with Crippen LogP contribution in [0.2, 0.25) is 6.82 Å². The summed E-state index contributed by atoms with van der Waals surface area (Å²) < 4.78 is 11.9. The van der Waals surface area contributed by atoms with Gasteiger partial charge in [0.05, 0.1) is 0 Å². The van der Waals surface area contributed by atoms with Gasteiger partial charge in [-0.1, -0.05) is 11.9 Å². The first-order valence-corrected chi connectivity index (χ1v) is 1.82. The van der Waals surface area contributed by atoms with Crippen LogP contribution in [0.5, 0.6) is 0 Å².